The molecule has 1 aromatic heterocycles. The molecule has 152 valence electrons. The van der Waals surface area contributed by atoms with Crippen molar-refractivity contribution in [2.75, 3.05) is 31.1 Å². The summed E-state index contributed by atoms with van der Waals surface area (Å²) in [5, 5.41) is 1.10. The van der Waals surface area contributed by atoms with Gasteiger partial charge in [-0.25, -0.2) is 0 Å². The summed E-state index contributed by atoms with van der Waals surface area (Å²) in [6.07, 6.45) is -4.36. The number of fused-ring (bicyclic) bond motifs is 1. The van der Waals surface area contributed by atoms with Gasteiger partial charge in [0.2, 0.25) is 5.91 Å². The molecule has 1 aliphatic heterocycles. The van der Waals surface area contributed by atoms with Crippen LogP contribution in [0.25, 0.3) is 10.9 Å². The molecule has 3 aromatic rings. The van der Waals surface area contributed by atoms with E-state index in [0.717, 1.165) is 22.7 Å². The van der Waals surface area contributed by atoms with E-state index in [-0.39, 0.29) is 12.5 Å². The molecule has 4 nitrogen and oxygen atoms in total. The van der Waals surface area contributed by atoms with E-state index in [4.69, 9.17) is 0 Å². The Morgan fingerprint density at radius 2 is 1.69 bits per heavy atom. The van der Waals surface area contributed by atoms with Crippen LogP contribution < -0.4 is 4.90 Å². The van der Waals surface area contributed by atoms with Crippen molar-refractivity contribution in [2.45, 2.75) is 19.6 Å². The summed E-state index contributed by atoms with van der Waals surface area (Å²) in [6, 6.07) is 15.4. The van der Waals surface area contributed by atoms with Gasteiger partial charge in [0.25, 0.3) is 0 Å². The molecule has 29 heavy (non-hydrogen) atoms. The minimum atomic E-state index is -4.36. The molecule has 2 aromatic carbocycles. The third kappa shape index (κ3) is 3.95. The number of carbonyl (C=O) groups excluding carboxylic acids is 1. The number of amides is 1. The van der Waals surface area contributed by atoms with Crippen molar-refractivity contribution in [1.82, 2.24) is 9.47 Å². The van der Waals surface area contributed by atoms with E-state index >= 15 is 0 Å². The maximum atomic E-state index is 13.0. The van der Waals surface area contributed by atoms with Gasteiger partial charge < -0.3 is 14.4 Å². The Morgan fingerprint density at radius 3 is 2.41 bits per heavy atom. The van der Waals surface area contributed by atoms with Crippen LogP contribution in [-0.4, -0.2) is 41.6 Å². The fraction of sp³-hybridized carbons (Fsp3) is 0.318. The molecule has 1 amide bonds. The largest absolute Gasteiger partial charge is 0.416 e. The topological polar surface area (TPSA) is 28.5 Å². The summed E-state index contributed by atoms with van der Waals surface area (Å²) >= 11 is 0. The monoisotopic (exact) mass is 401 g/mol. The molecule has 0 atom stereocenters. The van der Waals surface area contributed by atoms with Crippen LogP contribution in [0.5, 0.6) is 0 Å². The van der Waals surface area contributed by atoms with Crippen LogP contribution in [-0.2, 0) is 17.5 Å². The van der Waals surface area contributed by atoms with Crippen molar-refractivity contribution in [3.05, 3.63) is 65.9 Å². The van der Waals surface area contributed by atoms with Crippen molar-refractivity contribution < 1.29 is 18.0 Å². The molecule has 1 aliphatic rings. The zero-order chi connectivity index (χ0) is 20.6. The molecule has 4 rings (SSSR count). The number of para-hydroxylation sites is 1. The summed E-state index contributed by atoms with van der Waals surface area (Å²) in [5.74, 6) is 0.0261. The maximum Gasteiger partial charge on any atom is 0.416 e. The van der Waals surface area contributed by atoms with Gasteiger partial charge in [0.05, 0.1) is 5.56 Å². The van der Waals surface area contributed by atoms with Crippen LogP contribution in [0.15, 0.2) is 54.6 Å². The molecule has 0 radical (unpaired) electrons. The van der Waals surface area contributed by atoms with Crippen molar-refractivity contribution >= 4 is 22.5 Å². The van der Waals surface area contributed by atoms with Crippen LogP contribution in [0.2, 0.25) is 0 Å². The lowest BCUT2D eigenvalue weighted by Crippen LogP contribution is -2.49. The predicted octanol–water partition coefficient (Wildman–Crippen LogP) is 4.32. The Morgan fingerprint density at radius 1 is 0.966 bits per heavy atom. The minimum Gasteiger partial charge on any atom is -0.368 e. The van der Waals surface area contributed by atoms with E-state index in [1.54, 1.807) is 11.0 Å². The van der Waals surface area contributed by atoms with E-state index in [2.05, 4.69) is 6.07 Å². The highest BCUT2D eigenvalue weighted by atomic mass is 19.4. The highest BCUT2D eigenvalue weighted by molar-refractivity contribution is 5.84. The quantitative estimate of drug-likeness (QED) is 0.654. The number of rotatable bonds is 3. The number of aryl methyl sites for hydroxylation is 1. The van der Waals surface area contributed by atoms with Gasteiger partial charge in [0.1, 0.15) is 6.54 Å². The summed E-state index contributed by atoms with van der Waals surface area (Å²) in [4.78, 5) is 16.5. The van der Waals surface area contributed by atoms with Crippen LogP contribution in [0, 0.1) is 6.92 Å². The van der Waals surface area contributed by atoms with Crippen molar-refractivity contribution in [3.63, 3.8) is 0 Å². The first kappa shape index (κ1) is 19.4. The van der Waals surface area contributed by atoms with Crippen LogP contribution in [0.3, 0.4) is 0 Å². The van der Waals surface area contributed by atoms with Gasteiger partial charge in [-0.05, 0) is 42.6 Å². The Kier molecular flexibility index (Phi) is 4.98. The number of halogens is 3. The smallest absolute Gasteiger partial charge is 0.368 e. The number of hydrogen-bond donors (Lipinski definition) is 0. The van der Waals surface area contributed by atoms with E-state index in [9.17, 15) is 18.0 Å². The second-order valence-corrected chi connectivity index (χ2v) is 7.35. The highest BCUT2D eigenvalue weighted by Gasteiger charge is 2.31. The molecule has 0 bridgehead atoms. The number of piperazine rings is 1. The standard InChI is InChI=1S/C22H22F3N3O/c1-16-13-17-5-2-3-8-20(17)28(16)15-21(29)27-11-9-26(10-12-27)19-7-4-6-18(14-19)22(23,24)25/h2-8,13-14H,9-12,15H2,1H3. The van der Waals surface area contributed by atoms with Crippen molar-refractivity contribution in [3.8, 4) is 0 Å². The van der Waals surface area contributed by atoms with E-state index in [1.165, 1.54) is 12.1 Å². The van der Waals surface area contributed by atoms with Crippen LogP contribution >= 0.6 is 0 Å². The Balaban J connectivity index is 1.42. The van der Waals surface area contributed by atoms with E-state index < -0.39 is 11.7 Å². The summed E-state index contributed by atoms with van der Waals surface area (Å²) in [7, 11) is 0. The third-order valence-corrected chi connectivity index (χ3v) is 5.48. The average molecular weight is 401 g/mol. The zero-order valence-corrected chi connectivity index (χ0v) is 16.1. The first-order chi connectivity index (χ1) is 13.8. The van der Waals surface area contributed by atoms with Crippen LogP contribution in [0.4, 0.5) is 18.9 Å². The summed E-state index contributed by atoms with van der Waals surface area (Å²) in [5.41, 5.74) is 1.95. The average Bonchev–Trinajstić information content (AvgIpc) is 3.03. The number of aromatic nitrogens is 1. The van der Waals surface area contributed by atoms with Crippen molar-refractivity contribution in [2.24, 2.45) is 0 Å². The molecule has 1 fully saturated rings. The lowest BCUT2D eigenvalue weighted by Gasteiger charge is -2.36. The fourth-order valence-corrected chi connectivity index (χ4v) is 3.89. The second-order valence-electron chi connectivity index (χ2n) is 7.35. The van der Waals surface area contributed by atoms with Gasteiger partial charge in [-0.3, -0.25) is 4.79 Å². The molecule has 0 spiro atoms. The molecule has 0 aliphatic carbocycles. The number of hydrogen-bond acceptors (Lipinski definition) is 2. The molecular weight excluding hydrogens is 379 g/mol. The SMILES string of the molecule is Cc1cc2ccccc2n1CC(=O)N1CCN(c2cccc(C(F)(F)F)c2)CC1. The number of nitrogens with zero attached hydrogens (tertiary/aromatic N) is 3. The number of anilines is 1. The highest BCUT2D eigenvalue weighted by Crippen LogP contribution is 2.32. The number of alkyl halides is 3. The molecule has 7 heteroatoms. The first-order valence-electron chi connectivity index (χ1n) is 9.58. The van der Waals surface area contributed by atoms with Gasteiger partial charge >= 0.3 is 6.18 Å². The maximum absolute atomic E-state index is 13.0. The zero-order valence-electron chi connectivity index (χ0n) is 16.1. The number of carbonyl (C=O) groups is 1. The van der Waals surface area contributed by atoms with Crippen molar-refractivity contribution in [1.29, 1.82) is 0 Å². The summed E-state index contributed by atoms with van der Waals surface area (Å²) in [6.45, 7) is 4.26. The lowest BCUT2D eigenvalue weighted by molar-refractivity contribution is -0.137. The molecular formula is C22H22F3N3O. The Bertz CT molecular complexity index is 1030. The fourth-order valence-electron chi connectivity index (χ4n) is 3.89. The lowest BCUT2D eigenvalue weighted by atomic mass is 10.1. The summed E-state index contributed by atoms with van der Waals surface area (Å²) < 4.78 is 40.9. The Hall–Kier alpha value is -2.96. The van der Waals surface area contributed by atoms with E-state index in [0.29, 0.717) is 31.9 Å². The minimum absolute atomic E-state index is 0.0261. The van der Waals surface area contributed by atoms with Crippen LogP contribution in [0.1, 0.15) is 11.3 Å². The van der Waals surface area contributed by atoms with Gasteiger partial charge in [0.15, 0.2) is 0 Å². The molecule has 2 heterocycles. The Labute approximate surface area is 167 Å². The molecule has 0 saturated carbocycles. The normalized spacial score (nSPS) is 15.2. The van der Waals surface area contributed by atoms with Gasteiger partial charge in [-0.2, -0.15) is 13.2 Å². The number of benzene rings is 2. The predicted molar refractivity (Wildman–Crippen MR) is 107 cm³/mol. The van der Waals surface area contributed by atoms with Gasteiger partial charge in [0, 0.05) is 43.1 Å². The van der Waals surface area contributed by atoms with Gasteiger partial charge in [-0.15, -0.1) is 0 Å². The second kappa shape index (κ2) is 7.46. The molecule has 1 saturated heterocycles. The first-order valence-corrected chi connectivity index (χ1v) is 9.58. The third-order valence-electron chi connectivity index (χ3n) is 5.48. The molecule has 0 unspecified atom stereocenters. The van der Waals surface area contributed by atoms with Gasteiger partial charge in [-0.1, -0.05) is 24.3 Å². The van der Waals surface area contributed by atoms with E-state index in [1.807, 2.05) is 40.7 Å². The molecule has 0 N–H and O–H groups in total.